The van der Waals surface area contributed by atoms with Gasteiger partial charge >= 0.3 is 0 Å². The fraction of sp³-hybridized carbons (Fsp3) is 0. The Morgan fingerprint density at radius 1 is 0.292 bits per heavy atom. The van der Waals surface area contributed by atoms with Gasteiger partial charge in [0.2, 0.25) is 0 Å². The number of pyridine rings is 1. The average Bonchev–Trinajstić information content (AvgIpc) is 3.79. The number of para-hydroxylation sites is 2. The minimum Gasteiger partial charge on any atom is -0.454 e. The van der Waals surface area contributed by atoms with Crippen molar-refractivity contribution < 1.29 is 4.42 Å². The summed E-state index contributed by atoms with van der Waals surface area (Å²) in [6.07, 6.45) is 0. The summed E-state index contributed by atoms with van der Waals surface area (Å²) < 4.78 is 6.66. The molecule has 0 spiro atoms. The molecule has 0 aliphatic carbocycles. The topological polar surface area (TPSA) is 51.8 Å². The third-order valence-electron chi connectivity index (χ3n) is 12.3. The number of hydrogen-bond acceptors (Lipinski definition) is 4. The Morgan fingerprint density at radius 3 is 1.35 bits per heavy atom. The van der Waals surface area contributed by atoms with Gasteiger partial charge < -0.3 is 4.42 Å². The zero-order valence-electron chi connectivity index (χ0n) is 35.3. The minimum atomic E-state index is 0.677. The molecule has 0 bridgehead atoms. The van der Waals surface area contributed by atoms with Crippen LogP contribution in [-0.4, -0.2) is 15.0 Å². The van der Waals surface area contributed by atoms with Gasteiger partial charge in [-0.3, -0.25) is 0 Å². The van der Waals surface area contributed by atoms with Gasteiger partial charge in [0.15, 0.2) is 11.4 Å². The number of aromatic nitrogens is 3. The van der Waals surface area contributed by atoms with Crippen LogP contribution in [-0.2, 0) is 0 Å². The van der Waals surface area contributed by atoms with Crippen LogP contribution in [0.1, 0.15) is 0 Å². The van der Waals surface area contributed by atoms with E-state index in [-0.39, 0.29) is 0 Å². The van der Waals surface area contributed by atoms with Gasteiger partial charge in [0.1, 0.15) is 11.3 Å². The van der Waals surface area contributed by atoms with Crippen molar-refractivity contribution in [2.75, 3.05) is 0 Å². The van der Waals surface area contributed by atoms with Crippen LogP contribution >= 0.6 is 0 Å². The average molecular weight is 830 g/mol. The maximum absolute atomic E-state index is 6.66. The molecule has 9 aromatic carbocycles. The highest BCUT2D eigenvalue weighted by Gasteiger charge is 2.20. The molecule has 304 valence electrons. The Labute approximate surface area is 376 Å². The first-order valence-electron chi connectivity index (χ1n) is 21.9. The molecule has 3 aromatic heterocycles. The highest BCUT2D eigenvalue weighted by atomic mass is 16.3. The van der Waals surface area contributed by atoms with Crippen molar-refractivity contribution in [3.05, 3.63) is 237 Å². The Hall–Kier alpha value is -8.73. The summed E-state index contributed by atoms with van der Waals surface area (Å²) in [6, 6.07) is 82.7. The fourth-order valence-electron chi connectivity index (χ4n) is 9.01. The second-order valence-electron chi connectivity index (χ2n) is 16.3. The predicted molar refractivity (Wildman–Crippen MR) is 268 cm³/mol. The van der Waals surface area contributed by atoms with E-state index >= 15 is 0 Å². The Morgan fingerprint density at radius 2 is 0.738 bits per heavy atom. The molecule has 65 heavy (non-hydrogen) atoms. The summed E-state index contributed by atoms with van der Waals surface area (Å²) in [5.41, 5.74) is 18.2. The highest BCUT2D eigenvalue weighted by Crippen LogP contribution is 2.42. The SMILES string of the molecule is c1ccc(-c2ccc(-c3cc(-c4ccc(-c5cccc(-c6nc7c(-c8ccccc8)cccc7c7c6oc6ccccc67)c5)cc4)nc(-c4ccc(-c5ccccc5)cc4)n3)cc2)cc1. The highest BCUT2D eigenvalue weighted by molar-refractivity contribution is 6.22. The molecule has 4 nitrogen and oxygen atoms in total. The molecule has 0 N–H and O–H groups in total. The van der Waals surface area contributed by atoms with Crippen molar-refractivity contribution in [1.82, 2.24) is 15.0 Å². The molecule has 0 atom stereocenters. The molecule has 0 amide bonds. The van der Waals surface area contributed by atoms with Crippen LogP contribution in [0, 0.1) is 0 Å². The van der Waals surface area contributed by atoms with Gasteiger partial charge in [-0.25, -0.2) is 15.0 Å². The van der Waals surface area contributed by atoms with E-state index in [4.69, 9.17) is 19.4 Å². The molecule has 0 radical (unpaired) electrons. The van der Waals surface area contributed by atoms with Crippen molar-refractivity contribution in [2.24, 2.45) is 0 Å². The summed E-state index contributed by atoms with van der Waals surface area (Å²) in [5, 5.41) is 3.24. The number of benzene rings is 9. The van der Waals surface area contributed by atoms with Crippen LogP contribution in [0.3, 0.4) is 0 Å². The van der Waals surface area contributed by atoms with Gasteiger partial charge in [0.25, 0.3) is 0 Å². The molecule has 0 aliphatic heterocycles. The number of hydrogen-bond donors (Lipinski definition) is 0. The minimum absolute atomic E-state index is 0.677. The lowest BCUT2D eigenvalue weighted by molar-refractivity contribution is 0.669. The largest absolute Gasteiger partial charge is 0.454 e. The third kappa shape index (κ3) is 7.13. The van der Waals surface area contributed by atoms with E-state index in [1.165, 1.54) is 11.1 Å². The Kier molecular flexibility index (Phi) is 9.46. The maximum Gasteiger partial charge on any atom is 0.162 e. The molecule has 0 fully saturated rings. The first-order valence-corrected chi connectivity index (χ1v) is 21.9. The van der Waals surface area contributed by atoms with E-state index in [0.29, 0.717) is 5.82 Å². The summed E-state index contributed by atoms with van der Waals surface area (Å²) in [4.78, 5) is 15.8. The van der Waals surface area contributed by atoms with Crippen molar-refractivity contribution in [1.29, 1.82) is 0 Å². The summed E-state index contributed by atoms with van der Waals surface area (Å²) in [7, 11) is 0. The summed E-state index contributed by atoms with van der Waals surface area (Å²) >= 11 is 0. The van der Waals surface area contributed by atoms with Crippen LogP contribution in [0.5, 0.6) is 0 Å². The van der Waals surface area contributed by atoms with E-state index in [1.807, 2.05) is 30.3 Å². The van der Waals surface area contributed by atoms with Crippen LogP contribution in [0.4, 0.5) is 0 Å². The van der Waals surface area contributed by atoms with Crippen molar-refractivity contribution in [3.8, 4) is 89.7 Å². The first-order chi connectivity index (χ1) is 32.2. The van der Waals surface area contributed by atoms with E-state index in [1.54, 1.807) is 0 Å². The lowest BCUT2D eigenvalue weighted by atomic mass is 9.96. The van der Waals surface area contributed by atoms with E-state index < -0.39 is 0 Å². The Bertz CT molecular complexity index is 3560. The van der Waals surface area contributed by atoms with Crippen molar-refractivity contribution in [2.45, 2.75) is 0 Å². The third-order valence-corrected chi connectivity index (χ3v) is 12.3. The van der Waals surface area contributed by atoms with Gasteiger partial charge in [-0.1, -0.05) is 218 Å². The van der Waals surface area contributed by atoms with Crippen LogP contribution in [0.25, 0.3) is 123 Å². The zero-order valence-corrected chi connectivity index (χ0v) is 35.3. The van der Waals surface area contributed by atoms with E-state index in [0.717, 1.165) is 106 Å². The summed E-state index contributed by atoms with van der Waals surface area (Å²) in [5.74, 6) is 0.677. The van der Waals surface area contributed by atoms with Gasteiger partial charge in [-0.2, -0.15) is 0 Å². The maximum atomic E-state index is 6.66. The predicted octanol–water partition coefficient (Wildman–Crippen LogP) is 16.3. The van der Waals surface area contributed by atoms with E-state index in [2.05, 4.69) is 206 Å². The van der Waals surface area contributed by atoms with Crippen LogP contribution in [0.15, 0.2) is 241 Å². The smallest absolute Gasteiger partial charge is 0.162 e. The fourth-order valence-corrected chi connectivity index (χ4v) is 9.01. The molecule has 0 unspecified atom stereocenters. The number of furan rings is 1. The molecule has 0 saturated heterocycles. The van der Waals surface area contributed by atoms with Crippen molar-refractivity contribution in [3.63, 3.8) is 0 Å². The molecule has 0 aliphatic rings. The first kappa shape index (κ1) is 38.0. The second kappa shape index (κ2) is 16.2. The standard InChI is InChI=1S/C61H39N3O/c1-4-14-40(15-5-1)42-26-32-46(33-27-42)54-39-55(63-61(62-54)48-36-30-43(31-37-48)41-16-6-2-7-17-41)47-34-28-44(29-35-47)49-20-12-21-50(38-49)58-60-57(52-22-10-11-25-56(52)65-60)53-24-13-23-51(59(53)64-58)45-18-8-3-9-19-45/h1-39H. The lowest BCUT2D eigenvalue weighted by Crippen LogP contribution is -1.96. The number of nitrogens with zero attached hydrogens (tertiary/aromatic N) is 3. The van der Waals surface area contributed by atoms with Crippen LogP contribution < -0.4 is 0 Å². The zero-order chi connectivity index (χ0) is 43.1. The normalized spacial score (nSPS) is 11.4. The van der Waals surface area contributed by atoms with Crippen LogP contribution in [0.2, 0.25) is 0 Å². The molecule has 4 heteroatoms. The van der Waals surface area contributed by atoms with Gasteiger partial charge in [-0.05, 0) is 57.1 Å². The molecule has 0 saturated carbocycles. The molecule has 12 rings (SSSR count). The van der Waals surface area contributed by atoms with Gasteiger partial charge in [0.05, 0.1) is 16.9 Å². The molecule has 12 aromatic rings. The quantitative estimate of drug-likeness (QED) is 0.153. The van der Waals surface area contributed by atoms with Crippen molar-refractivity contribution >= 4 is 32.8 Å². The monoisotopic (exact) mass is 829 g/mol. The molecular weight excluding hydrogens is 791 g/mol. The van der Waals surface area contributed by atoms with Gasteiger partial charge in [-0.15, -0.1) is 0 Å². The Balaban J connectivity index is 0.933. The lowest BCUT2D eigenvalue weighted by Gasteiger charge is -2.12. The summed E-state index contributed by atoms with van der Waals surface area (Å²) in [6.45, 7) is 0. The number of fused-ring (bicyclic) bond motifs is 5. The molecule has 3 heterocycles. The second-order valence-corrected chi connectivity index (χ2v) is 16.3. The van der Waals surface area contributed by atoms with Gasteiger partial charge in [0, 0.05) is 44.0 Å². The number of rotatable bonds is 8. The van der Waals surface area contributed by atoms with E-state index in [9.17, 15) is 0 Å². The molecular formula is C61H39N3O.